The van der Waals surface area contributed by atoms with Crippen LogP contribution in [0.15, 0.2) is 0 Å². The Bertz CT molecular complexity index is 151. The molecule has 10 heavy (non-hydrogen) atoms. The minimum atomic E-state index is -1.04. The maximum Gasteiger partial charge on any atom is 0.139 e. The first kappa shape index (κ1) is 6.55. The zero-order valence-corrected chi connectivity index (χ0v) is 6.02. The van der Waals surface area contributed by atoms with Crippen LogP contribution in [0.25, 0.3) is 0 Å². The molecule has 0 saturated carbocycles. The predicted molar refractivity (Wildman–Crippen MR) is 37.4 cm³/mol. The third-order valence-corrected chi connectivity index (χ3v) is 2.83. The quantitative estimate of drug-likeness (QED) is 0.561. The lowest BCUT2D eigenvalue weighted by Crippen LogP contribution is -2.44. The molecule has 0 aromatic heterocycles. The second-order valence-electron chi connectivity index (χ2n) is 3.46. The second-order valence-corrected chi connectivity index (χ2v) is 3.46. The number of hydrogen-bond acceptors (Lipinski definition) is 2. The average molecular weight is 144 g/mol. The summed E-state index contributed by atoms with van der Waals surface area (Å²) in [4.78, 5) is 2.16. The fourth-order valence-electron chi connectivity index (χ4n) is 2.13. The van der Waals surface area contributed by atoms with Crippen LogP contribution in [0.1, 0.15) is 6.42 Å². The van der Waals surface area contributed by atoms with Crippen LogP contribution in [0.4, 0.5) is 4.39 Å². The van der Waals surface area contributed by atoms with Crippen molar-refractivity contribution < 1.29 is 4.39 Å². The highest BCUT2D eigenvalue weighted by atomic mass is 19.1. The van der Waals surface area contributed by atoms with Gasteiger partial charge in [-0.25, -0.2) is 4.39 Å². The van der Waals surface area contributed by atoms with E-state index in [0.29, 0.717) is 6.54 Å². The number of nitrogens with zero attached hydrogens (tertiary/aromatic N) is 1. The zero-order chi connectivity index (χ0) is 7.19. The summed E-state index contributed by atoms with van der Waals surface area (Å²) in [6, 6.07) is 0. The van der Waals surface area contributed by atoms with Gasteiger partial charge in [-0.3, -0.25) is 4.90 Å². The van der Waals surface area contributed by atoms with Crippen LogP contribution >= 0.6 is 0 Å². The van der Waals surface area contributed by atoms with Gasteiger partial charge in [-0.2, -0.15) is 0 Å². The van der Waals surface area contributed by atoms with Crippen LogP contribution in [0.2, 0.25) is 0 Å². The molecule has 3 unspecified atom stereocenters. The van der Waals surface area contributed by atoms with E-state index in [4.69, 9.17) is 5.73 Å². The number of halogens is 1. The van der Waals surface area contributed by atoms with Crippen molar-refractivity contribution in [2.75, 3.05) is 26.2 Å². The van der Waals surface area contributed by atoms with Crippen molar-refractivity contribution in [2.45, 2.75) is 12.1 Å². The SMILES string of the molecule is NCC1(F)CN2CCC1C2. The van der Waals surface area contributed by atoms with E-state index in [1.807, 2.05) is 0 Å². The smallest absolute Gasteiger partial charge is 0.139 e. The van der Waals surface area contributed by atoms with Gasteiger partial charge in [0.15, 0.2) is 0 Å². The van der Waals surface area contributed by atoms with Crippen LogP contribution in [0, 0.1) is 5.92 Å². The molecule has 3 atom stereocenters. The third-order valence-electron chi connectivity index (χ3n) is 2.83. The van der Waals surface area contributed by atoms with Gasteiger partial charge in [0.05, 0.1) is 0 Å². The maximum absolute atomic E-state index is 13.6. The highest BCUT2D eigenvalue weighted by molar-refractivity contribution is 5.02. The molecule has 0 aromatic rings. The summed E-state index contributed by atoms with van der Waals surface area (Å²) in [5.41, 5.74) is 4.31. The lowest BCUT2D eigenvalue weighted by atomic mass is 9.90. The summed E-state index contributed by atoms with van der Waals surface area (Å²) >= 11 is 0. The predicted octanol–water partition coefficient (Wildman–Crippen LogP) is -0.0111. The summed E-state index contributed by atoms with van der Waals surface area (Å²) in [5.74, 6) is 0.234. The van der Waals surface area contributed by atoms with Crippen LogP contribution in [0.5, 0.6) is 0 Å². The van der Waals surface area contributed by atoms with E-state index >= 15 is 0 Å². The fraction of sp³-hybridized carbons (Fsp3) is 1.00. The van der Waals surface area contributed by atoms with Crippen LogP contribution in [0.3, 0.4) is 0 Å². The zero-order valence-electron chi connectivity index (χ0n) is 6.02. The summed E-state index contributed by atoms with van der Waals surface area (Å²) in [5, 5.41) is 0. The highest BCUT2D eigenvalue weighted by Gasteiger charge is 2.49. The summed E-state index contributed by atoms with van der Waals surface area (Å²) in [7, 11) is 0. The second kappa shape index (κ2) is 1.92. The van der Waals surface area contributed by atoms with E-state index in [1.54, 1.807) is 0 Å². The summed E-state index contributed by atoms with van der Waals surface area (Å²) in [6.07, 6.45) is 1.01. The highest BCUT2D eigenvalue weighted by Crippen LogP contribution is 2.38. The Morgan fingerprint density at radius 1 is 1.70 bits per heavy atom. The molecule has 3 heteroatoms. The molecule has 0 amide bonds. The first-order valence-electron chi connectivity index (χ1n) is 3.86. The normalized spacial score (nSPS) is 52.2. The average Bonchev–Trinajstić information content (AvgIpc) is 2.46. The summed E-state index contributed by atoms with van der Waals surface area (Å²) in [6.45, 7) is 2.80. The van der Waals surface area contributed by atoms with Crippen molar-refractivity contribution in [3.05, 3.63) is 0 Å². The van der Waals surface area contributed by atoms with E-state index in [9.17, 15) is 4.39 Å². The Balaban J connectivity index is 2.14. The molecule has 0 radical (unpaired) electrons. The molecule has 2 bridgehead atoms. The van der Waals surface area contributed by atoms with Gasteiger partial charge in [0.2, 0.25) is 0 Å². The molecule has 58 valence electrons. The van der Waals surface area contributed by atoms with E-state index in [2.05, 4.69) is 4.90 Å². The molecule has 0 spiro atoms. The van der Waals surface area contributed by atoms with Crippen molar-refractivity contribution in [3.8, 4) is 0 Å². The van der Waals surface area contributed by atoms with Gasteiger partial charge >= 0.3 is 0 Å². The number of rotatable bonds is 1. The standard InChI is InChI=1S/C7H13FN2/c8-7(4-9)5-10-2-1-6(7)3-10/h6H,1-5,9H2. The van der Waals surface area contributed by atoms with Crippen molar-refractivity contribution >= 4 is 0 Å². The molecular formula is C7H13FN2. The Hall–Kier alpha value is -0.150. The van der Waals surface area contributed by atoms with Crippen LogP contribution < -0.4 is 5.73 Å². The third kappa shape index (κ3) is 0.705. The van der Waals surface area contributed by atoms with Gasteiger partial charge in [0.1, 0.15) is 5.67 Å². The Labute approximate surface area is 60.2 Å². The molecule has 2 N–H and O–H groups in total. The molecule has 0 aliphatic carbocycles. The molecule has 2 nitrogen and oxygen atoms in total. The van der Waals surface area contributed by atoms with Gasteiger partial charge in [0.25, 0.3) is 0 Å². The van der Waals surface area contributed by atoms with Crippen molar-refractivity contribution in [1.29, 1.82) is 0 Å². The Kier molecular flexibility index (Phi) is 1.26. The minimum absolute atomic E-state index is 0.203. The van der Waals surface area contributed by atoms with E-state index < -0.39 is 5.67 Å². The van der Waals surface area contributed by atoms with Crippen molar-refractivity contribution in [3.63, 3.8) is 0 Å². The number of fused-ring (bicyclic) bond motifs is 2. The molecule has 2 aliphatic rings. The maximum atomic E-state index is 13.6. The monoisotopic (exact) mass is 144 g/mol. The van der Waals surface area contributed by atoms with Gasteiger partial charge in [-0.05, 0) is 13.0 Å². The molecule has 2 heterocycles. The fourth-order valence-corrected chi connectivity index (χ4v) is 2.13. The van der Waals surface area contributed by atoms with Crippen LogP contribution in [-0.2, 0) is 0 Å². The largest absolute Gasteiger partial charge is 0.327 e. The number of alkyl halides is 1. The van der Waals surface area contributed by atoms with Crippen molar-refractivity contribution in [2.24, 2.45) is 11.7 Å². The molecule has 2 fully saturated rings. The van der Waals surface area contributed by atoms with Crippen molar-refractivity contribution in [1.82, 2.24) is 4.90 Å². The number of nitrogens with two attached hydrogens (primary N) is 1. The van der Waals surface area contributed by atoms with Gasteiger partial charge in [0, 0.05) is 25.6 Å². The minimum Gasteiger partial charge on any atom is -0.327 e. The molecule has 2 rings (SSSR count). The Morgan fingerprint density at radius 3 is 2.80 bits per heavy atom. The lowest BCUT2D eigenvalue weighted by molar-refractivity contribution is 0.102. The summed E-state index contributed by atoms with van der Waals surface area (Å²) < 4.78 is 13.6. The first-order valence-corrected chi connectivity index (χ1v) is 3.86. The van der Waals surface area contributed by atoms with Gasteiger partial charge in [-0.1, -0.05) is 0 Å². The Morgan fingerprint density at radius 2 is 2.50 bits per heavy atom. The van der Waals surface area contributed by atoms with E-state index in [0.717, 1.165) is 19.5 Å². The van der Waals surface area contributed by atoms with Gasteiger partial charge in [-0.15, -0.1) is 0 Å². The molecule has 2 aliphatic heterocycles. The van der Waals surface area contributed by atoms with Gasteiger partial charge < -0.3 is 5.73 Å². The first-order chi connectivity index (χ1) is 4.74. The lowest BCUT2D eigenvalue weighted by Gasteiger charge is -2.27. The molecule has 0 aromatic carbocycles. The topological polar surface area (TPSA) is 29.3 Å². The number of hydrogen-bond donors (Lipinski definition) is 1. The molecular weight excluding hydrogens is 131 g/mol. The van der Waals surface area contributed by atoms with E-state index in [1.165, 1.54) is 0 Å². The molecule has 2 saturated heterocycles. The van der Waals surface area contributed by atoms with E-state index in [-0.39, 0.29) is 12.5 Å². The van der Waals surface area contributed by atoms with Crippen LogP contribution in [-0.4, -0.2) is 36.7 Å². The number of piperidine rings is 1.